The fourth-order valence-corrected chi connectivity index (χ4v) is 4.35. The van der Waals surface area contributed by atoms with Crippen molar-refractivity contribution in [1.29, 1.82) is 0 Å². The minimum atomic E-state index is -0.433. The van der Waals surface area contributed by atoms with Gasteiger partial charge in [-0.2, -0.15) is 5.10 Å². The van der Waals surface area contributed by atoms with E-state index >= 15 is 0 Å². The van der Waals surface area contributed by atoms with Crippen molar-refractivity contribution in [2.24, 2.45) is 5.92 Å². The summed E-state index contributed by atoms with van der Waals surface area (Å²) in [4.78, 5) is 32.7. The zero-order valence-corrected chi connectivity index (χ0v) is 16.9. The molecular formula is C18H23N5O3S. The number of H-pyrrole nitrogens is 1. The summed E-state index contributed by atoms with van der Waals surface area (Å²) in [6.07, 6.45) is 1.91. The van der Waals surface area contributed by atoms with E-state index < -0.39 is 4.92 Å². The second kappa shape index (κ2) is 7.22. The second-order valence-electron chi connectivity index (χ2n) is 6.98. The monoisotopic (exact) mass is 389 g/mol. The molecule has 9 heteroatoms. The van der Waals surface area contributed by atoms with Crippen molar-refractivity contribution in [2.75, 3.05) is 0 Å². The molecular weight excluding hydrogens is 366 g/mol. The number of fused-ring (bicyclic) bond motifs is 1. The number of hydrogen-bond donors (Lipinski definition) is 1. The van der Waals surface area contributed by atoms with Crippen molar-refractivity contribution in [1.82, 2.24) is 19.7 Å². The summed E-state index contributed by atoms with van der Waals surface area (Å²) in [7, 11) is 0. The van der Waals surface area contributed by atoms with Gasteiger partial charge in [0.05, 0.1) is 16.9 Å². The molecule has 1 N–H and O–H groups in total. The number of aromatic amines is 1. The maximum atomic E-state index is 12.7. The van der Waals surface area contributed by atoms with Crippen LogP contribution >= 0.6 is 11.3 Å². The predicted octanol–water partition coefficient (Wildman–Crippen LogP) is 3.65. The molecule has 3 rings (SSSR count). The van der Waals surface area contributed by atoms with Crippen molar-refractivity contribution in [3.63, 3.8) is 0 Å². The standard InChI is InChI=1S/C18H23N5O3S/c1-6-9(2)7-13-12(5)27-18-15(13)17(24)19-14(20-18)8-22-11(4)16(23(25)26)10(3)21-22/h9H,6-8H2,1-5H3,(H,19,20,24)/t9-/m0/s1. The minimum absolute atomic E-state index is 0.00114. The fraction of sp³-hybridized carbons (Fsp3) is 0.500. The lowest BCUT2D eigenvalue weighted by Gasteiger charge is -2.08. The Kier molecular flexibility index (Phi) is 5.14. The van der Waals surface area contributed by atoms with Gasteiger partial charge in [0, 0.05) is 4.88 Å². The molecule has 0 aliphatic heterocycles. The van der Waals surface area contributed by atoms with Gasteiger partial charge >= 0.3 is 5.69 Å². The molecule has 3 aromatic rings. The molecule has 0 saturated heterocycles. The predicted molar refractivity (Wildman–Crippen MR) is 106 cm³/mol. The van der Waals surface area contributed by atoms with E-state index in [1.165, 1.54) is 16.0 Å². The number of aromatic nitrogens is 4. The summed E-state index contributed by atoms with van der Waals surface area (Å²) >= 11 is 1.52. The highest BCUT2D eigenvalue weighted by molar-refractivity contribution is 7.18. The van der Waals surface area contributed by atoms with Gasteiger partial charge < -0.3 is 4.98 Å². The van der Waals surface area contributed by atoms with Gasteiger partial charge in [-0.15, -0.1) is 11.3 Å². The quantitative estimate of drug-likeness (QED) is 0.511. The number of hydrogen-bond acceptors (Lipinski definition) is 6. The van der Waals surface area contributed by atoms with Gasteiger partial charge in [-0.25, -0.2) is 4.98 Å². The maximum absolute atomic E-state index is 12.7. The normalized spacial score (nSPS) is 12.6. The molecule has 0 unspecified atom stereocenters. The van der Waals surface area contributed by atoms with Crippen molar-refractivity contribution in [2.45, 2.75) is 54.0 Å². The number of thiophene rings is 1. The maximum Gasteiger partial charge on any atom is 0.312 e. The molecule has 8 nitrogen and oxygen atoms in total. The lowest BCUT2D eigenvalue weighted by molar-refractivity contribution is -0.386. The third-order valence-corrected chi connectivity index (χ3v) is 6.03. The molecule has 0 amide bonds. The minimum Gasteiger partial charge on any atom is -0.308 e. The molecule has 0 aliphatic rings. The first-order valence-electron chi connectivity index (χ1n) is 8.92. The average Bonchev–Trinajstić information content (AvgIpc) is 3.04. The Labute approximate surface area is 160 Å². The first kappa shape index (κ1) is 19.2. The van der Waals surface area contributed by atoms with Crippen LogP contribution in [0.1, 0.15) is 47.9 Å². The van der Waals surface area contributed by atoms with Crippen molar-refractivity contribution >= 4 is 27.2 Å². The SMILES string of the molecule is CC[C@H](C)Cc1c(C)sc2nc(Cn3nc(C)c([N+](=O)[O-])c3C)[nH]c(=O)c12. The third-order valence-electron chi connectivity index (χ3n) is 4.99. The Morgan fingerprint density at radius 1 is 1.33 bits per heavy atom. The molecule has 0 aromatic carbocycles. The summed E-state index contributed by atoms with van der Waals surface area (Å²) in [5, 5.41) is 16.1. The zero-order valence-electron chi connectivity index (χ0n) is 16.1. The van der Waals surface area contributed by atoms with Crippen LogP contribution in [0, 0.1) is 36.8 Å². The van der Waals surface area contributed by atoms with Crippen LogP contribution in [0.2, 0.25) is 0 Å². The smallest absolute Gasteiger partial charge is 0.308 e. The van der Waals surface area contributed by atoms with Crippen LogP contribution in [0.4, 0.5) is 5.69 Å². The van der Waals surface area contributed by atoms with E-state index in [4.69, 9.17) is 0 Å². The van der Waals surface area contributed by atoms with Gasteiger partial charge in [-0.1, -0.05) is 20.3 Å². The Hall–Kier alpha value is -2.55. The van der Waals surface area contributed by atoms with Crippen molar-refractivity contribution in [3.8, 4) is 0 Å². The van der Waals surface area contributed by atoms with Crippen LogP contribution in [-0.2, 0) is 13.0 Å². The number of rotatable bonds is 6. The molecule has 0 saturated carbocycles. The van der Waals surface area contributed by atoms with E-state index in [0.29, 0.717) is 33.3 Å². The summed E-state index contributed by atoms with van der Waals surface area (Å²) in [5.74, 6) is 0.945. The largest absolute Gasteiger partial charge is 0.312 e. The Bertz CT molecular complexity index is 1080. The van der Waals surface area contributed by atoms with E-state index in [1.807, 2.05) is 6.92 Å². The van der Waals surface area contributed by atoms with Crippen molar-refractivity contribution in [3.05, 3.63) is 48.1 Å². The van der Waals surface area contributed by atoms with E-state index in [1.54, 1.807) is 13.8 Å². The van der Waals surface area contributed by atoms with Gasteiger partial charge in [-0.05, 0) is 38.7 Å². The summed E-state index contributed by atoms with van der Waals surface area (Å²) < 4.78 is 1.51. The summed E-state index contributed by atoms with van der Waals surface area (Å²) in [6, 6.07) is 0. The second-order valence-corrected chi connectivity index (χ2v) is 8.18. The van der Waals surface area contributed by atoms with Crippen LogP contribution in [0.15, 0.2) is 4.79 Å². The molecule has 0 aliphatic carbocycles. The number of nitro groups is 1. The topological polar surface area (TPSA) is 107 Å². The molecule has 27 heavy (non-hydrogen) atoms. The van der Waals surface area contributed by atoms with E-state index in [0.717, 1.165) is 23.3 Å². The van der Waals surface area contributed by atoms with E-state index in [-0.39, 0.29) is 17.8 Å². The summed E-state index contributed by atoms with van der Waals surface area (Å²) in [5.41, 5.74) is 1.71. The van der Waals surface area contributed by atoms with Crippen molar-refractivity contribution < 1.29 is 4.92 Å². The van der Waals surface area contributed by atoms with Gasteiger partial charge in [0.1, 0.15) is 22.0 Å². The van der Waals surface area contributed by atoms with Crippen LogP contribution in [0.5, 0.6) is 0 Å². The van der Waals surface area contributed by atoms with E-state index in [2.05, 4.69) is 28.9 Å². The highest BCUT2D eigenvalue weighted by Gasteiger charge is 2.23. The van der Waals surface area contributed by atoms with Gasteiger partial charge in [-0.3, -0.25) is 19.6 Å². The molecule has 0 radical (unpaired) electrons. The molecule has 144 valence electrons. The first-order valence-corrected chi connectivity index (χ1v) is 9.74. The summed E-state index contributed by atoms with van der Waals surface area (Å²) in [6.45, 7) is 9.77. The molecule has 3 heterocycles. The van der Waals surface area contributed by atoms with Crippen LogP contribution in [0.3, 0.4) is 0 Å². The van der Waals surface area contributed by atoms with Crippen LogP contribution < -0.4 is 5.56 Å². The highest BCUT2D eigenvalue weighted by atomic mass is 32.1. The Balaban J connectivity index is 2.02. The molecule has 0 spiro atoms. The molecule has 0 fully saturated rings. The lowest BCUT2D eigenvalue weighted by Crippen LogP contribution is -2.16. The van der Waals surface area contributed by atoms with Gasteiger partial charge in [0.15, 0.2) is 0 Å². The van der Waals surface area contributed by atoms with Gasteiger partial charge in [0.25, 0.3) is 5.56 Å². The Morgan fingerprint density at radius 3 is 2.63 bits per heavy atom. The van der Waals surface area contributed by atoms with E-state index in [9.17, 15) is 14.9 Å². The van der Waals surface area contributed by atoms with Crippen LogP contribution in [-0.4, -0.2) is 24.7 Å². The van der Waals surface area contributed by atoms with Gasteiger partial charge in [0.2, 0.25) is 0 Å². The molecule has 1 atom stereocenters. The first-order chi connectivity index (χ1) is 12.7. The van der Waals surface area contributed by atoms with Crippen LogP contribution in [0.25, 0.3) is 10.2 Å². The lowest BCUT2D eigenvalue weighted by atomic mass is 9.98. The number of nitrogens with zero attached hydrogens (tertiary/aromatic N) is 4. The number of aryl methyl sites for hydroxylation is 2. The molecule has 0 bridgehead atoms. The third kappa shape index (κ3) is 3.51. The fourth-order valence-electron chi connectivity index (χ4n) is 3.28. The highest BCUT2D eigenvalue weighted by Crippen LogP contribution is 2.30. The number of nitrogens with one attached hydrogen (secondary N) is 1. The molecule has 3 aromatic heterocycles. The Morgan fingerprint density at radius 2 is 2.04 bits per heavy atom. The zero-order chi connectivity index (χ0) is 19.9. The average molecular weight is 389 g/mol.